The van der Waals surface area contributed by atoms with Gasteiger partial charge in [-0.3, -0.25) is 24.1 Å². The minimum absolute atomic E-state index is 0.00795. The third kappa shape index (κ3) is 2.30. The first-order valence-electron chi connectivity index (χ1n) is 7.36. The number of aliphatic carboxylic acids is 1. The molecule has 3 heterocycles. The number of hydrogen-bond acceptors (Lipinski definition) is 4. The first kappa shape index (κ1) is 14.0. The van der Waals surface area contributed by atoms with Crippen LogP contribution < -0.4 is 0 Å². The molecule has 7 heteroatoms. The van der Waals surface area contributed by atoms with E-state index in [2.05, 4.69) is 0 Å². The summed E-state index contributed by atoms with van der Waals surface area (Å²) >= 11 is 0. The van der Waals surface area contributed by atoms with Crippen molar-refractivity contribution in [2.24, 2.45) is 5.92 Å². The van der Waals surface area contributed by atoms with Gasteiger partial charge in [0.15, 0.2) is 0 Å². The quantitative estimate of drug-likeness (QED) is 0.736. The summed E-state index contributed by atoms with van der Waals surface area (Å²) in [6.45, 7) is 0.115. The number of fused-ring (bicyclic) bond motifs is 2. The monoisotopic (exact) mass is 294 g/mol. The van der Waals surface area contributed by atoms with Crippen LogP contribution in [-0.4, -0.2) is 57.2 Å². The molecule has 3 aliphatic heterocycles. The Kier molecular flexibility index (Phi) is 3.43. The van der Waals surface area contributed by atoms with Gasteiger partial charge in [0.2, 0.25) is 17.7 Å². The second kappa shape index (κ2) is 5.13. The van der Waals surface area contributed by atoms with Crippen molar-refractivity contribution in [3.63, 3.8) is 0 Å². The predicted molar refractivity (Wildman–Crippen MR) is 70.0 cm³/mol. The lowest BCUT2D eigenvalue weighted by atomic mass is 9.89. The minimum atomic E-state index is -0.843. The zero-order valence-corrected chi connectivity index (χ0v) is 11.7. The lowest BCUT2D eigenvalue weighted by Crippen LogP contribution is -2.40. The number of imide groups is 1. The van der Waals surface area contributed by atoms with E-state index in [4.69, 9.17) is 0 Å². The molecule has 3 saturated heterocycles. The van der Waals surface area contributed by atoms with E-state index in [9.17, 15) is 24.3 Å². The average Bonchev–Trinajstić information content (AvgIpc) is 3.10. The number of carbonyl (C=O) groups is 4. The second-order valence-corrected chi connectivity index (χ2v) is 5.97. The van der Waals surface area contributed by atoms with Crippen LogP contribution in [0.5, 0.6) is 0 Å². The fourth-order valence-electron chi connectivity index (χ4n) is 3.85. The maximum absolute atomic E-state index is 12.3. The van der Waals surface area contributed by atoms with Gasteiger partial charge >= 0.3 is 5.97 Å². The highest BCUT2D eigenvalue weighted by atomic mass is 16.4. The van der Waals surface area contributed by atoms with Gasteiger partial charge in [0, 0.05) is 37.9 Å². The van der Waals surface area contributed by atoms with Crippen LogP contribution in [0.2, 0.25) is 0 Å². The molecule has 3 atom stereocenters. The SMILES string of the molecule is O=C(O)C1CC2CCC1N2C(=O)CCN1C(=O)CCC1=O. The summed E-state index contributed by atoms with van der Waals surface area (Å²) in [5, 5.41) is 9.17. The van der Waals surface area contributed by atoms with E-state index < -0.39 is 11.9 Å². The largest absolute Gasteiger partial charge is 0.481 e. The maximum atomic E-state index is 12.3. The Morgan fingerprint density at radius 1 is 1.14 bits per heavy atom. The van der Waals surface area contributed by atoms with Crippen molar-refractivity contribution in [1.82, 2.24) is 9.80 Å². The van der Waals surface area contributed by atoms with Gasteiger partial charge < -0.3 is 10.0 Å². The maximum Gasteiger partial charge on any atom is 0.308 e. The van der Waals surface area contributed by atoms with Crippen molar-refractivity contribution in [3.05, 3.63) is 0 Å². The third-order valence-electron chi connectivity index (χ3n) is 4.85. The van der Waals surface area contributed by atoms with Gasteiger partial charge in [-0.25, -0.2) is 0 Å². The smallest absolute Gasteiger partial charge is 0.308 e. The molecule has 3 unspecified atom stereocenters. The highest BCUT2D eigenvalue weighted by Crippen LogP contribution is 2.42. The number of amides is 3. The zero-order valence-electron chi connectivity index (χ0n) is 11.7. The number of carbonyl (C=O) groups excluding carboxylic acids is 3. The van der Waals surface area contributed by atoms with E-state index in [0.717, 1.165) is 17.7 Å². The minimum Gasteiger partial charge on any atom is -0.481 e. The van der Waals surface area contributed by atoms with Crippen molar-refractivity contribution in [2.75, 3.05) is 6.54 Å². The van der Waals surface area contributed by atoms with Crippen LogP contribution in [-0.2, 0) is 19.2 Å². The van der Waals surface area contributed by atoms with E-state index in [-0.39, 0.29) is 55.6 Å². The summed E-state index contributed by atoms with van der Waals surface area (Å²) in [6, 6.07) is -0.210. The van der Waals surface area contributed by atoms with Crippen LogP contribution in [0, 0.1) is 5.92 Å². The van der Waals surface area contributed by atoms with E-state index in [1.165, 1.54) is 0 Å². The molecule has 0 aromatic carbocycles. The zero-order chi connectivity index (χ0) is 15.1. The summed E-state index contributed by atoms with van der Waals surface area (Å²) in [6.07, 6.45) is 2.65. The molecule has 0 saturated carbocycles. The lowest BCUT2D eigenvalue weighted by molar-refractivity contribution is -0.143. The Morgan fingerprint density at radius 2 is 1.81 bits per heavy atom. The molecule has 3 aliphatic rings. The summed E-state index contributed by atoms with van der Waals surface area (Å²) in [4.78, 5) is 49.3. The molecule has 3 amide bonds. The summed E-state index contributed by atoms with van der Waals surface area (Å²) in [5.41, 5.74) is 0. The van der Waals surface area contributed by atoms with E-state index in [1.807, 2.05) is 0 Å². The first-order valence-corrected chi connectivity index (χ1v) is 7.36. The molecule has 0 aromatic heterocycles. The topological polar surface area (TPSA) is 95.0 Å². The summed E-state index contributed by atoms with van der Waals surface area (Å²) in [5.74, 6) is -1.90. The van der Waals surface area contributed by atoms with Gasteiger partial charge in [-0.15, -0.1) is 0 Å². The Labute approximate surface area is 121 Å². The van der Waals surface area contributed by atoms with Crippen LogP contribution in [0.3, 0.4) is 0 Å². The first-order chi connectivity index (χ1) is 9.99. The predicted octanol–water partition coefficient (Wildman–Crippen LogP) is -0.0104. The van der Waals surface area contributed by atoms with Crippen molar-refractivity contribution in [2.45, 2.75) is 50.6 Å². The second-order valence-electron chi connectivity index (χ2n) is 5.97. The molecule has 1 N–H and O–H groups in total. The number of carboxylic acids is 1. The Balaban J connectivity index is 1.60. The molecule has 0 aromatic rings. The van der Waals surface area contributed by atoms with Gasteiger partial charge in [0.1, 0.15) is 0 Å². The standard InChI is InChI=1S/C14H18N2O5/c17-11-3-4-12(18)15(11)6-5-13(19)16-8-1-2-10(16)9(7-8)14(20)21/h8-10H,1-7H2,(H,20,21). The molecule has 21 heavy (non-hydrogen) atoms. The third-order valence-corrected chi connectivity index (χ3v) is 4.85. The molecule has 0 radical (unpaired) electrons. The van der Waals surface area contributed by atoms with E-state index in [1.54, 1.807) is 4.90 Å². The number of rotatable bonds is 4. The number of likely N-dealkylation sites (tertiary alicyclic amines) is 1. The van der Waals surface area contributed by atoms with E-state index >= 15 is 0 Å². The fraction of sp³-hybridized carbons (Fsp3) is 0.714. The summed E-state index contributed by atoms with van der Waals surface area (Å²) < 4.78 is 0. The molecule has 7 nitrogen and oxygen atoms in total. The van der Waals surface area contributed by atoms with Crippen molar-refractivity contribution in [1.29, 1.82) is 0 Å². The molecular weight excluding hydrogens is 276 g/mol. The van der Waals surface area contributed by atoms with Gasteiger partial charge in [-0.1, -0.05) is 0 Å². The van der Waals surface area contributed by atoms with Crippen molar-refractivity contribution < 1.29 is 24.3 Å². The molecule has 0 aliphatic carbocycles. The average molecular weight is 294 g/mol. The molecule has 0 spiro atoms. The molecule has 2 bridgehead atoms. The van der Waals surface area contributed by atoms with Gasteiger partial charge in [-0.05, 0) is 19.3 Å². The van der Waals surface area contributed by atoms with Crippen LogP contribution in [0.4, 0.5) is 0 Å². The van der Waals surface area contributed by atoms with Crippen LogP contribution in [0.25, 0.3) is 0 Å². The highest BCUT2D eigenvalue weighted by molar-refractivity contribution is 6.02. The number of nitrogens with zero attached hydrogens (tertiary/aromatic N) is 2. The Bertz CT molecular complexity index is 501. The Morgan fingerprint density at radius 3 is 2.38 bits per heavy atom. The fourth-order valence-corrected chi connectivity index (χ4v) is 3.85. The van der Waals surface area contributed by atoms with Crippen molar-refractivity contribution in [3.8, 4) is 0 Å². The molecule has 114 valence electrons. The number of carboxylic acid groups (broad SMARTS) is 1. The van der Waals surface area contributed by atoms with E-state index in [0.29, 0.717) is 6.42 Å². The summed E-state index contributed by atoms with van der Waals surface area (Å²) in [7, 11) is 0. The van der Waals surface area contributed by atoms with Crippen LogP contribution in [0.15, 0.2) is 0 Å². The normalized spacial score (nSPS) is 31.3. The van der Waals surface area contributed by atoms with Gasteiger partial charge in [0.05, 0.1) is 5.92 Å². The van der Waals surface area contributed by atoms with Crippen molar-refractivity contribution >= 4 is 23.7 Å². The lowest BCUT2D eigenvalue weighted by Gasteiger charge is -2.24. The molecular formula is C14H18N2O5. The van der Waals surface area contributed by atoms with Crippen LogP contribution >= 0.6 is 0 Å². The van der Waals surface area contributed by atoms with Gasteiger partial charge in [-0.2, -0.15) is 0 Å². The molecule has 3 fully saturated rings. The number of hydrogen-bond donors (Lipinski definition) is 1. The molecule has 3 rings (SSSR count). The Hall–Kier alpha value is -1.92. The highest BCUT2D eigenvalue weighted by Gasteiger charge is 2.51. The van der Waals surface area contributed by atoms with Gasteiger partial charge in [0.25, 0.3) is 0 Å². The van der Waals surface area contributed by atoms with Crippen LogP contribution in [0.1, 0.15) is 38.5 Å².